The maximum absolute atomic E-state index is 2.54. The molecule has 2 atom stereocenters. The van der Waals surface area contributed by atoms with Crippen molar-refractivity contribution < 1.29 is 0 Å². The molecule has 0 aliphatic carbocycles. The average Bonchev–Trinajstić information content (AvgIpc) is 1.87. The number of rotatable bonds is 4. The normalized spacial score (nSPS) is 17.4. The van der Waals surface area contributed by atoms with Gasteiger partial charge < -0.3 is 0 Å². The average molecular weight is 365 g/mol. The largest absolute Gasteiger partial charge is 0.0812 e. The molecule has 0 aliphatic rings. The molecule has 0 nitrogen and oxygen atoms in total. The first-order valence-electron chi connectivity index (χ1n) is 3.71. The summed E-state index contributed by atoms with van der Waals surface area (Å²) in [7, 11) is 0. The molecule has 0 aromatic carbocycles. The van der Waals surface area contributed by atoms with Gasteiger partial charge in [0.25, 0.3) is 0 Å². The monoisotopic (exact) mass is 365 g/mol. The van der Waals surface area contributed by atoms with Gasteiger partial charge in [-0.15, -0.1) is 0 Å². The predicted molar refractivity (Wildman–Crippen MR) is 65.0 cm³/mol. The van der Waals surface area contributed by atoms with Crippen molar-refractivity contribution in [3.8, 4) is 0 Å². The quantitative estimate of drug-likeness (QED) is 0.524. The molecular formula is C8H15I2. The van der Waals surface area contributed by atoms with Crippen LogP contribution in [0.2, 0.25) is 0 Å². The topological polar surface area (TPSA) is 0 Å². The molecule has 0 aromatic heterocycles. The molecule has 10 heavy (non-hydrogen) atoms. The van der Waals surface area contributed by atoms with Crippen molar-refractivity contribution in [3.05, 3.63) is 6.42 Å². The molecule has 0 rings (SSSR count). The van der Waals surface area contributed by atoms with Crippen molar-refractivity contribution in [2.75, 3.05) is 0 Å². The van der Waals surface area contributed by atoms with Gasteiger partial charge in [-0.1, -0.05) is 72.4 Å². The van der Waals surface area contributed by atoms with Crippen molar-refractivity contribution in [3.63, 3.8) is 0 Å². The lowest BCUT2D eigenvalue weighted by Gasteiger charge is -2.19. The second kappa shape index (κ2) is 6.03. The van der Waals surface area contributed by atoms with E-state index in [2.05, 4.69) is 72.4 Å². The molecule has 0 bridgehead atoms. The summed E-state index contributed by atoms with van der Waals surface area (Å²) in [6.45, 7) is 6.77. The van der Waals surface area contributed by atoms with Gasteiger partial charge in [-0.05, 0) is 12.3 Å². The lowest BCUT2D eigenvalue weighted by molar-refractivity contribution is 0.630. The molecule has 0 saturated carbocycles. The second-order valence-corrected chi connectivity index (χ2v) is 5.65. The lowest BCUT2D eigenvalue weighted by atomic mass is 10.1. The van der Waals surface area contributed by atoms with Gasteiger partial charge in [-0.3, -0.25) is 0 Å². The maximum Gasteiger partial charge on any atom is 0.0261 e. The van der Waals surface area contributed by atoms with Crippen LogP contribution in [0.4, 0.5) is 0 Å². The Hall–Kier alpha value is 1.46. The van der Waals surface area contributed by atoms with E-state index in [1.807, 2.05) is 0 Å². The van der Waals surface area contributed by atoms with Gasteiger partial charge in [0.2, 0.25) is 0 Å². The van der Waals surface area contributed by atoms with Crippen molar-refractivity contribution in [2.45, 2.75) is 35.0 Å². The van der Waals surface area contributed by atoms with E-state index in [-0.39, 0.29) is 0 Å². The van der Waals surface area contributed by atoms with E-state index in [1.165, 1.54) is 6.42 Å². The van der Waals surface area contributed by atoms with E-state index < -0.39 is 0 Å². The summed E-state index contributed by atoms with van der Waals surface area (Å²) in [5.41, 5.74) is 0. The maximum atomic E-state index is 2.54. The minimum absolute atomic E-state index is 0.739. The van der Waals surface area contributed by atoms with Crippen LogP contribution in [0, 0.1) is 12.3 Å². The molecule has 2 heteroatoms. The Labute approximate surface area is 91.8 Å². The molecule has 0 N–H and O–H groups in total. The molecule has 0 aliphatic heterocycles. The Morgan fingerprint density at radius 2 is 1.80 bits per heavy atom. The first kappa shape index (κ1) is 11.5. The summed E-state index contributed by atoms with van der Waals surface area (Å²) in [6, 6.07) is 0. The standard InChI is InChI=1S/C8H15I2/c1-4-5-7(9)8(10)6(2)3/h5-8H,4H2,1-3H3. The fourth-order valence-corrected chi connectivity index (χ4v) is 2.36. The lowest BCUT2D eigenvalue weighted by Crippen LogP contribution is -2.19. The summed E-state index contributed by atoms with van der Waals surface area (Å²) < 4.78 is 1.53. The molecule has 0 aromatic rings. The smallest absolute Gasteiger partial charge is 0.0261 e. The molecule has 1 radical (unpaired) electrons. The van der Waals surface area contributed by atoms with Gasteiger partial charge in [-0.2, -0.15) is 0 Å². The zero-order valence-corrected chi connectivity index (χ0v) is 11.1. The molecule has 0 saturated heterocycles. The van der Waals surface area contributed by atoms with Crippen molar-refractivity contribution >= 4 is 45.2 Å². The van der Waals surface area contributed by atoms with Gasteiger partial charge in [0.05, 0.1) is 0 Å². The molecular weight excluding hydrogens is 350 g/mol. The third-order valence-electron chi connectivity index (χ3n) is 1.40. The van der Waals surface area contributed by atoms with Crippen LogP contribution in [-0.2, 0) is 0 Å². The van der Waals surface area contributed by atoms with Crippen LogP contribution in [0.25, 0.3) is 0 Å². The SMILES string of the molecule is CC[CH]C(I)C(I)C(C)C. The highest BCUT2D eigenvalue weighted by Gasteiger charge is 2.17. The highest BCUT2D eigenvalue weighted by Crippen LogP contribution is 2.25. The molecule has 0 spiro atoms. The minimum atomic E-state index is 0.739. The summed E-state index contributed by atoms with van der Waals surface area (Å²) >= 11 is 5.06. The number of alkyl halides is 2. The molecule has 0 fully saturated rings. The summed E-state index contributed by atoms with van der Waals surface area (Å²) in [5, 5.41) is 0. The highest BCUT2D eigenvalue weighted by molar-refractivity contribution is 14.1. The molecule has 0 amide bonds. The fraction of sp³-hybridized carbons (Fsp3) is 0.875. The van der Waals surface area contributed by atoms with E-state index in [9.17, 15) is 0 Å². The van der Waals surface area contributed by atoms with Gasteiger partial charge in [0, 0.05) is 7.85 Å². The summed E-state index contributed by atoms with van der Waals surface area (Å²) in [6.07, 6.45) is 3.58. The van der Waals surface area contributed by atoms with Crippen molar-refractivity contribution in [2.24, 2.45) is 5.92 Å². The van der Waals surface area contributed by atoms with Crippen LogP contribution in [-0.4, -0.2) is 7.85 Å². The van der Waals surface area contributed by atoms with E-state index in [0.29, 0.717) is 0 Å². The third kappa shape index (κ3) is 4.36. The van der Waals surface area contributed by atoms with Crippen molar-refractivity contribution in [1.82, 2.24) is 0 Å². The van der Waals surface area contributed by atoms with E-state index in [0.717, 1.165) is 13.8 Å². The Bertz CT molecular complexity index is 81.3. The van der Waals surface area contributed by atoms with E-state index >= 15 is 0 Å². The van der Waals surface area contributed by atoms with Gasteiger partial charge in [-0.25, -0.2) is 0 Å². The first-order valence-corrected chi connectivity index (χ1v) is 6.20. The molecule has 61 valence electrons. The van der Waals surface area contributed by atoms with Gasteiger partial charge in [0.15, 0.2) is 0 Å². The fourth-order valence-electron chi connectivity index (χ4n) is 0.723. The van der Waals surface area contributed by atoms with Crippen LogP contribution in [0.15, 0.2) is 0 Å². The zero-order chi connectivity index (χ0) is 8.15. The first-order chi connectivity index (χ1) is 4.59. The number of hydrogen-bond donors (Lipinski definition) is 0. The van der Waals surface area contributed by atoms with Gasteiger partial charge >= 0.3 is 0 Å². The minimum Gasteiger partial charge on any atom is -0.0812 e. The zero-order valence-electron chi connectivity index (χ0n) is 6.77. The third-order valence-corrected chi connectivity index (χ3v) is 6.27. The number of halogens is 2. The van der Waals surface area contributed by atoms with Crippen LogP contribution < -0.4 is 0 Å². The highest BCUT2D eigenvalue weighted by atomic mass is 127. The Kier molecular flexibility index (Phi) is 6.91. The Balaban J connectivity index is 3.58. The van der Waals surface area contributed by atoms with Crippen molar-refractivity contribution in [1.29, 1.82) is 0 Å². The van der Waals surface area contributed by atoms with E-state index in [4.69, 9.17) is 0 Å². The van der Waals surface area contributed by atoms with Gasteiger partial charge in [0.1, 0.15) is 0 Å². The molecule has 2 unspecified atom stereocenters. The molecule has 0 heterocycles. The predicted octanol–water partition coefficient (Wildman–Crippen LogP) is 3.86. The Morgan fingerprint density at radius 3 is 2.10 bits per heavy atom. The second-order valence-electron chi connectivity index (χ2n) is 2.78. The summed E-state index contributed by atoms with van der Waals surface area (Å²) in [5.74, 6) is 0.797. The van der Waals surface area contributed by atoms with Crippen LogP contribution >= 0.6 is 45.2 Å². The van der Waals surface area contributed by atoms with Crippen LogP contribution in [0.1, 0.15) is 27.2 Å². The number of hydrogen-bond acceptors (Lipinski definition) is 0. The van der Waals surface area contributed by atoms with Crippen LogP contribution in [0.3, 0.4) is 0 Å². The van der Waals surface area contributed by atoms with E-state index in [1.54, 1.807) is 0 Å². The Morgan fingerprint density at radius 1 is 1.30 bits per heavy atom. The summed E-state index contributed by atoms with van der Waals surface area (Å²) in [4.78, 5) is 0. The van der Waals surface area contributed by atoms with Crippen LogP contribution in [0.5, 0.6) is 0 Å².